The number of likely N-dealkylation sites (tertiary alicyclic amines) is 1. The Balaban J connectivity index is 1.53. The highest BCUT2D eigenvalue weighted by Crippen LogP contribution is 2.21. The minimum atomic E-state index is -0.135. The molecule has 0 spiro atoms. The Labute approximate surface area is 149 Å². The number of piperidine rings is 1. The molecule has 2 heterocycles. The number of rotatable bonds is 5. The summed E-state index contributed by atoms with van der Waals surface area (Å²) in [6, 6.07) is 12.9. The molecule has 0 saturated carbocycles. The van der Waals surface area contributed by atoms with Crippen LogP contribution in [0.1, 0.15) is 61.3 Å². The number of amides is 1. The van der Waals surface area contributed by atoms with Crippen molar-refractivity contribution in [2.45, 2.75) is 58.2 Å². The largest absolute Gasteiger partial charge is 0.360 e. The van der Waals surface area contributed by atoms with Crippen molar-refractivity contribution >= 4 is 5.91 Å². The lowest BCUT2D eigenvalue weighted by Crippen LogP contribution is -2.48. The summed E-state index contributed by atoms with van der Waals surface area (Å²) in [6.07, 6.45) is 1.91. The lowest BCUT2D eigenvalue weighted by Gasteiger charge is -2.37. The Bertz CT molecular complexity index is 696. The topological polar surface area (TPSA) is 58.4 Å². The van der Waals surface area contributed by atoms with E-state index in [-0.39, 0.29) is 17.9 Å². The predicted molar refractivity (Wildman–Crippen MR) is 97.4 cm³/mol. The molecule has 1 amide bonds. The summed E-state index contributed by atoms with van der Waals surface area (Å²) in [7, 11) is 0. The van der Waals surface area contributed by atoms with Crippen LogP contribution >= 0.6 is 0 Å². The first-order valence-electron chi connectivity index (χ1n) is 9.08. The lowest BCUT2D eigenvalue weighted by molar-refractivity contribution is 0.0858. The van der Waals surface area contributed by atoms with E-state index in [1.165, 1.54) is 5.56 Å². The highest BCUT2D eigenvalue weighted by atomic mass is 16.5. The number of carbonyl (C=O) groups is 1. The normalized spacial score (nSPS) is 21.4. The summed E-state index contributed by atoms with van der Waals surface area (Å²) in [5.74, 6) is 0.843. The van der Waals surface area contributed by atoms with Crippen LogP contribution in [0.2, 0.25) is 0 Å². The molecule has 1 aliphatic heterocycles. The van der Waals surface area contributed by atoms with E-state index in [1.54, 1.807) is 6.07 Å². The molecule has 5 nitrogen and oxygen atoms in total. The van der Waals surface area contributed by atoms with Crippen LogP contribution in [0.5, 0.6) is 0 Å². The summed E-state index contributed by atoms with van der Waals surface area (Å²) < 4.78 is 5.22. The van der Waals surface area contributed by atoms with Gasteiger partial charge in [-0.25, -0.2) is 0 Å². The van der Waals surface area contributed by atoms with Gasteiger partial charge in [0, 0.05) is 37.2 Å². The van der Waals surface area contributed by atoms with Crippen LogP contribution in [0.25, 0.3) is 0 Å². The first-order valence-corrected chi connectivity index (χ1v) is 9.08. The number of hydrogen-bond donors (Lipinski definition) is 1. The molecule has 5 heteroatoms. The maximum Gasteiger partial charge on any atom is 0.273 e. The van der Waals surface area contributed by atoms with Crippen LogP contribution in [0.4, 0.5) is 0 Å². The van der Waals surface area contributed by atoms with Crippen molar-refractivity contribution in [2.24, 2.45) is 0 Å². The fourth-order valence-corrected chi connectivity index (χ4v) is 3.33. The van der Waals surface area contributed by atoms with E-state index in [9.17, 15) is 4.79 Å². The van der Waals surface area contributed by atoms with Gasteiger partial charge in [0.25, 0.3) is 5.91 Å². The van der Waals surface area contributed by atoms with E-state index in [0.29, 0.717) is 11.7 Å². The number of hydrogen-bond acceptors (Lipinski definition) is 4. The molecular formula is C20H27N3O2. The van der Waals surface area contributed by atoms with Crippen molar-refractivity contribution < 1.29 is 9.32 Å². The van der Waals surface area contributed by atoms with Crippen molar-refractivity contribution in [3.05, 3.63) is 53.4 Å². The van der Waals surface area contributed by atoms with Gasteiger partial charge in [-0.15, -0.1) is 0 Å². The zero-order valence-electron chi connectivity index (χ0n) is 15.2. The molecule has 2 aromatic rings. The molecule has 0 bridgehead atoms. The SMILES string of the molecule is CC(C)c1cc(C(=O)N[C@@H]2CCN(Cc3ccccc3)[C@@H](C)C2)no1. The molecule has 1 aromatic heterocycles. The fraction of sp³-hybridized carbons (Fsp3) is 0.500. The zero-order valence-corrected chi connectivity index (χ0v) is 15.2. The number of aromatic nitrogens is 1. The van der Waals surface area contributed by atoms with Gasteiger partial charge in [-0.3, -0.25) is 9.69 Å². The minimum Gasteiger partial charge on any atom is -0.360 e. The maximum atomic E-state index is 12.4. The Morgan fingerprint density at radius 1 is 1.36 bits per heavy atom. The third-order valence-corrected chi connectivity index (χ3v) is 4.91. The second-order valence-electron chi connectivity index (χ2n) is 7.27. The van der Waals surface area contributed by atoms with Gasteiger partial charge in [0.15, 0.2) is 5.69 Å². The van der Waals surface area contributed by atoms with Gasteiger partial charge in [0.05, 0.1) is 0 Å². The van der Waals surface area contributed by atoms with E-state index in [2.05, 4.69) is 46.6 Å². The van der Waals surface area contributed by atoms with E-state index in [4.69, 9.17) is 4.52 Å². The zero-order chi connectivity index (χ0) is 17.8. The standard InChI is InChI=1S/C20H27N3O2/c1-14(2)19-12-18(22-25-19)20(24)21-17-9-10-23(15(3)11-17)13-16-7-5-4-6-8-16/h4-8,12,14-15,17H,9-11,13H2,1-3H3,(H,21,24)/t15-,17+/m0/s1. The number of nitrogens with zero attached hydrogens (tertiary/aromatic N) is 2. The molecule has 1 aromatic carbocycles. The van der Waals surface area contributed by atoms with E-state index in [1.807, 2.05) is 19.9 Å². The summed E-state index contributed by atoms with van der Waals surface area (Å²) >= 11 is 0. The van der Waals surface area contributed by atoms with Gasteiger partial charge in [0.1, 0.15) is 5.76 Å². The summed E-state index contributed by atoms with van der Waals surface area (Å²) in [5, 5.41) is 7.01. The second kappa shape index (κ2) is 7.83. The first-order chi connectivity index (χ1) is 12.0. The molecule has 1 saturated heterocycles. The lowest BCUT2D eigenvalue weighted by atomic mass is 9.97. The molecule has 1 N–H and O–H groups in total. The quantitative estimate of drug-likeness (QED) is 0.903. The van der Waals surface area contributed by atoms with Gasteiger partial charge in [-0.2, -0.15) is 0 Å². The van der Waals surface area contributed by atoms with Gasteiger partial charge in [-0.05, 0) is 25.3 Å². The Kier molecular flexibility index (Phi) is 5.53. The molecule has 0 unspecified atom stereocenters. The van der Waals surface area contributed by atoms with Crippen LogP contribution in [0.3, 0.4) is 0 Å². The molecule has 25 heavy (non-hydrogen) atoms. The van der Waals surface area contributed by atoms with Gasteiger partial charge >= 0.3 is 0 Å². The summed E-state index contributed by atoms with van der Waals surface area (Å²) in [4.78, 5) is 14.9. The van der Waals surface area contributed by atoms with Crippen LogP contribution in [0, 0.1) is 0 Å². The van der Waals surface area contributed by atoms with Gasteiger partial charge in [-0.1, -0.05) is 49.3 Å². The molecule has 0 radical (unpaired) electrons. The molecule has 134 valence electrons. The average Bonchev–Trinajstić information content (AvgIpc) is 3.09. The van der Waals surface area contributed by atoms with Gasteiger partial charge < -0.3 is 9.84 Å². The molecule has 1 aliphatic rings. The Hall–Kier alpha value is -2.14. The van der Waals surface area contributed by atoms with E-state index >= 15 is 0 Å². The number of carbonyl (C=O) groups excluding carboxylic acids is 1. The third kappa shape index (κ3) is 4.48. The van der Waals surface area contributed by atoms with E-state index < -0.39 is 0 Å². The molecule has 3 rings (SSSR count). The Morgan fingerprint density at radius 2 is 2.12 bits per heavy atom. The number of nitrogens with one attached hydrogen (secondary N) is 1. The highest BCUT2D eigenvalue weighted by molar-refractivity contribution is 5.92. The molecule has 1 fully saturated rings. The Morgan fingerprint density at radius 3 is 2.76 bits per heavy atom. The minimum absolute atomic E-state index is 0.135. The van der Waals surface area contributed by atoms with Crippen LogP contribution in [-0.4, -0.2) is 34.6 Å². The van der Waals surface area contributed by atoms with Crippen molar-refractivity contribution in [2.75, 3.05) is 6.54 Å². The van der Waals surface area contributed by atoms with E-state index in [0.717, 1.165) is 31.7 Å². The molecule has 0 aliphatic carbocycles. The second-order valence-corrected chi connectivity index (χ2v) is 7.27. The predicted octanol–water partition coefficient (Wildman–Crippen LogP) is 3.58. The third-order valence-electron chi connectivity index (χ3n) is 4.91. The summed E-state index contributed by atoms with van der Waals surface area (Å²) in [5.41, 5.74) is 1.71. The van der Waals surface area contributed by atoms with Crippen LogP contribution in [0.15, 0.2) is 40.9 Å². The van der Waals surface area contributed by atoms with Crippen molar-refractivity contribution in [1.29, 1.82) is 0 Å². The monoisotopic (exact) mass is 341 g/mol. The maximum absolute atomic E-state index is 12.4. The molecular weight excluding hydrogens is 314 g/mol. The van der Waals surface area contributed by atoms with Crippen molar-refractivity contribution in [3.63, 3.8) is 0 Å². The number of benzene rings is 1. The van der Waals surface area contributed by atoms with Gasteiger partial charge in [0.2, 0.25) is 0 Å². The molecule has 2 atom stereocenters. The smallest absolute Gasteiger partial charge is 0.273 e. The fourth-order valence-electron chi connectivity index (χ4n) is 3.33. The van der Waals surface area contributed by atoms with Crippen molar-refractivity contribution in [3.8, 4) is 0 Å². The van der Waals surface area contributed by atoms with Crippen LogP contribution in [-0.2, 0) is 6.54 Å². The average molecular weight is 341 g/mol. The summed E-state index contributed by atoms with van der Waals surface area (Å²) in [6.45, 7) is 8.22. The van der Waals surface area contributed by atoms with Crippen LogP contribution < -0.4 is 5.32 Å². The first kappa shape index (κ1) is 17.7. The highest BCUT2D eigenvalue weighted by Gasteiger charge is 2.27. The van der Waals surface area contributed by atoms with Crippen molar-refractivity contribution in [1.82, 2.24) is 15.4 Å².